The van der Waals surface area contributed by atoms with E-state index in [0.29, 0.717) is 30.0 Å². The first kappa shape index (κ1) is 21.8. The Morgan fingerprint density at radius 3 is 2.44 bits per heavy atom. The van der Waals surface area contributed by atoms with Crippen LogP contribution in [0.4, 0.5) is 14.5 Å². The van der Waals surface area contributed by atoms with Crippen LogP contribution < -0.4 is 15.1 Å². The first-order valence-corrected chi connectivity index (χ1v) is 10.3. The second kappa shape index (κ2) is 8.96. The fourth-order valence-electron chi connectivity index (χ4n) is 3.82. The van der Waals surface area contributed by atoms with Gasteiger partial charge in [0, 0.05) is 37.8 Å². The summed E-state index contributed by atoms with van der Waals surface area (Å²) in [5.74, 6) is -1.86. The van der Waals surface area contributed by atoms with Crippen molar-refractivity contribution >= 4 is 22.6 Å². The molecule has 1 aliphatic heterocycles. The molecule has 32 heavy (non-hydrogen) atoms. The number of carbonyl (C=O) groups is 1. The maximum atomic E-state index is 14.9. The van der Waals surface area contributed by atoms with Crippen LogP contribution in [0.5, 0.6) is 5.75 Å². The van der Waals surface area contributed by atoms with Crippen molar-refractivity contribution in [2.45, 2.75) is 6.54 Å². The van der Waals surface area contributed by atoms with Crippen LogP contribution in [0, 0.1) is 11.6 Å². The zero-order chi connectivity index (χ0) is 22.8. The monoisotopic (exact) mass is 443 g/mol. The van der Waals surface area contributed by atoms with Crippen molar-refractivity contribution in [3.05, 3.63) is 70.0 Å². The van der Waals surface area contributed by atoms with Gasteiger partial charge in [-0.2, -0.15) is 0 Å². The minimum atomic E-state index is -1.38. The van der Waals surface area contributed by atoms with Crippen LogP contribution in [-0.2, 0) is 6.54 Å². The highest BCUT2D eigenvalue weighted by Crippen LogP contribution is 2.26. The van der Waals surface area contributed by atoms with E-state index in [1.807, 2.05) is 11.9 Å². The van der Waals surface area contributed by atoms with Crippen LogP contribution in [0.1, 0.15) is 10.4 Å². The molecule has 1 saturated heterocycles. The number of hydrogen-bond acceptors (Lipinski definition) is 5. The molecule has 0 atom stereocenters. The molecule has 1 aromatic heterocycles. The van der Waals surface area contributed by atoms with E-state index in [9.17, 15) is 23.5 Å². The Hall–Kier alpha value is -3.46. The molecule has 0 spiro atoms. The number of carboxylic acids is 1. The summed E-state index contributed by atoms with van der Waals surface area (Å²) in [6, 6.07) is 8.25. The molecule has 1 fully saturated rings. The number of pyridine rings is 1. The van der Waals surface area contributed by atoms with Crippen molar-refractivity contribution < 1.29 is 23.4 Å². The zero-order valence-corrected chi connectivity index (χ0v) is 17.6. The summed E-state index contributed by atoms with van der Waals surface area (Å²) in [7, 11) is 2.00. The maximum absolute atomic E-state index is 14.9. The fraction of sp³-hybridized carbons (Fsp3) is 0.304. The number of benzene rings is 2. The van der Waals surface area contributed by atoms with Gasteiger partial charge in [-0.15, -0.1) is 0 Å². The lowest BCUT2D eigenvalue weighted by Crippen LogP contribution is -2.44. The number of anilines is 1. The lowest BCUT2D eigenvalue weighted by molar-refractivity contribution is 0.0694. The van der Waals surface area contributed by atoms with Gasteiger partial charge in [0.1, 0.15) is 29.6 Å². The zero-order valence-electron chi connectivity index (χ0n) is 17.6. The number of hydrogen-bond donors (Lipinski definition) is 1. The molecular formula is C23H23F2N3O4. The number of ether oxygens (including phenoxy) is 1. The van der Waals surface area contributed by atoms with E-state index < -0.39 is 22.8 Å². The van der Waals surface area contributed by atoms with E-state index in [1.165, 1.54) is 30.5 Å². The van der Waals surface area contributed by atoms with Crippen LogP contribution in [0.3, 0.4) is 0 Å². The Morgan fingerprint density at radius 1 is 1.09 bits per heavy atom. The molecule has 0 unspecified atom stereocenters. The molecule has 9 heteroatoms. The van der Waals surface area contributed by atoms with Gasteiger partial charge in [0.25, 0.3) is 0 Å². The predicted octanol–water partition coefficient (Wildman–Crippen LogP) is 2.81. The minimum absolute atomic E-state index is 0.00191. The maximum Gasteiger partial charge on any atom is 0.341 e. The molecule has 2 aromatic carbocycles. The molecule has 0 bridgehead atoms. The molecule has 0 radical (unpaired) electrons. The van der Waals surface area contributed by atoms with E-state index in [1.54, 1.807) is 10.6 Å². The smallest absolute Gasteiger partial charge is 0.341 e. The molecule has 7 nitrogen and oxygen atoms in total. The first-order valence-electron chi connectivity index (χ1n) is 10.3. The third-order valence-corrected chi connectivity index (χ3v) is 5.64. The largest absolute Gasteiger partial charge is 0.492 e. The van der Waals surface area contributed by atoms with Gasteiger partial charge in [0.2, 0.25) is 5.43 Å². The number of piperazine rings is 1. The van der Waals surface area contributed by atoms with Crippen LogP contribution >= 0.6 is 0 Å². The van der Waals surface area contributed by atoms with Gasteiger partial charge in [-0.3, -0.25) is 4.79 Å². The highest BCUT2D eigenvalue weighted by Gasteiger charge is 2.21. The topological polar surface area (TPSA) is 75.0 Å². The van der Waals surface area contributed by atoms with E-state index in [-0.39, 0.29) is 24.4 Å². The van der Waals surface area contributed by atoms with Crippen LogP contribution in [-0.4, -0.2) is 60.4 Å². The molecule has 0 amide bonds. The number of halogens is 2. The second-order valence-corrected chi connectivity index (χ2v) is 7.78. The highest BCUT2D eigenvalue weighted by atomic mass is 19.1. The third kappa shape index (κ3) is 4.43. The number of rotatable bonds is 6. The van der Waals surface area contributed by atoms with Gasteiger partial charge in [0.15, 0.2) is 0 Å². The summed E-state index contributed by atoms with van der Waals surface area (Å²) >= 11 is 0. The molecule has 2 heterocycles. The number of carboxylic acid groups (broad SMARTS) is 1. The van der Waals surface area contributed by atoms with Gasteiger partial charge in [-0.1, -0.05) is 0 Å². The molecule has 1 aliphatic rings. The van der Waals surface area contributed by atoms with Crippen molar-refractivity contribution in [1.82, 2.24) is 9.47 Å². The molecule has 4 rings (SSSR count). The number of nitrogens with zero attached hydrogens (tertiary/aromatic N) is 3. The predicted molar refractivity (Wildman–Crippen MR) is 117 cm³/mol. The van der Waals surface area contributed by atoms with Gasteiger partial charge in [0.05, 0.1) is 17.7 Å². The average Bonchev–Trinajstić information content (AvgIpc) is 2.77. The summed E-state index contributed by atoms with van der Waals surface area (Å²) in [6.07, 6.45) is 1.26. The van der Waals surface area contributed by atoms with Crippen molar-refractivity contribution in [3.63, 3.8) is 0 Å². The molecular weight excluding hydrogens is 420 g/mol. The number of likely N-dealkylation sites (N-methyl/N-ethyl adjacent to an activating group) is 1. The fourth-order valence-corrected chi connectivity index (χ4v) is 3.82. The Kier molecular flexibility index (Phi) is 6.09. The summed E-state index contributed by atoms with van der Waals surface area (Å²) in [6.45, 7) is 3.21. The second-order valence-electron chi connectivity index (χ2n) is 7.78. The molecule has 168 valence electrons. The van der Waals surface area contributed by atoms with Crippen molar-refractivity contribution in [1.29, 1.82) is 0 Å². The Bertz CT molecular complexity index is 1200. The number of fused-ring (bicyclic) bond motifs is 1. The third-order valence-electron chi connectivity index (χ3n) is 5.64. The molecule has 0 saturated carbocycles. The number of aromatic nitrogens is 1. The van der Waals surface area contributed by atoms with Gasteiger partial charge in [-0.25, -0.2) is 13.6 Å². The van der Waals surface area contributed by atoms with Crippen LogP contribution in [0.15, 0.2) is 47.4 Å². The standard InChI is InChI=1S/C23H23F2N3O4/c1-26-6-8-27(9-7-26)21-13-20-17(12-19(21)25)22(29)18(23(30)31)14-28(20)10-11-32-16-4-2-15(24)3-5-16/h2-5,12-14H,6-11H2,1H3,(H,30,31). The van der Waals surface area contributed by atoms with E-state index in [2.05, 4.69) is 4.90 Å². The first-order chi connectivity index (χ1) is 15.3. The van der Waals surface area contributed by atoms with Crippen molar-refractivity contribution in [2.75, 3.05) is 44.7 Å². The van der Waals surface area contributed by atoms with Crippen LogP contribution in [0.25, 0.3) is 10.9 Å². The van der Waals surface area contributed by atoms with E-state index >= 15 is 0 Å². The molecule has 0 aliphatic carbocycles. The van der Waals surface area contributed by atoms with Gasteiger partial charge in [-0.05, 0) is 43.4 Å². The van der Waals surface area contributed by atoms with E-state index in [0.717, 1.165) is 19.2 Å². The molecule has 1 N–H and O–H groups in total. The lowest BCUT2D eigenvalue weighted by Gasteiger charge is -2.34. The normalized spacial score (nSPS) is 14.7. The van der Waals surface area contributed by atoms with Crippen molar-refractivity contribution in [2.24, 2.45) is 0 Å². The Morgan fingerprint density at radius 2 is 1.78 bits per heavy atom. The quantitative estimate of drug-likeness (QED) is 0.632. The summed E-state index contributed by atoms with van der Waals surface area (Å²) in [5, 5.41) is 9.45. The van der Waals surface area contributed by atoms with Gasteiger partial charge >= 0.3 is 5.97 Å². The van der Waals surface area contributed by atoms with E-state index in [4.69, 9.17) is 4.74 Å². The highest BCUT2D eigenvalue weighted by molar-refractivity contribution is 5.93. The minimum Gasteiger partial charge on any atom is -0.492 e. The SMILES string of the molecule is CN1CCN(c2cc3c(cc2F)c(=O)c(C(=O)O)cn3CCOc2ccc(F)cc2)CC1. The lowest BCUT2D eigenvalue weighted by atomic mass is 10.1. The molecule has 3 aromatic rings. The van der Waals surface area contributed by atoms with Crippen LogP contribution in [0.2, 0.25) is 0 Å². The summed E-state index contributed by atoms with van der Waals surface area (Å²) in [5.41, 5.74) is -0.364. The summed E-state index contributed by atoms with van der Waals surface area (Å²) < 4.78 is 35.2. The Balaban J connectivity index is 1.70. The Labute approximate surface area is 183 Å². The summed E-state index contributed by atoms with van der Waals surface area (Å²) in [4.78, 5) is 28.3. The van der Waals surface area contributed by atoms with Gasteiger partial charge < -0.3 is 24.2 Å². The average molecular weight is 443 g/mol. The van der Waals surface area contributed by atoms with Crippen molar-refractivity contribution in [3.8, 4) is 5.75 Å². The number of aromatic carboxylic acids is 1.